The second-order valence-electron chi connectivity index (χ2n) is 6.87. The number of methoxy groups -OCH3 is 1. The average molecular weight is 422 g/mol. The number of anilines is 2. The summed E-state index contributed by atoms with van der Waals surface area (Å²) in [5.74, 6) is -4.00. The van der Waals surface area contributed by atoms with E-state index in [0.29, 0.717) is 13.1 Å². The zero-order valence-corrected chi connectivity index (χ0v) is 15.9. The lowest BCUT2D eigenvalue weighted by Crippen LogP contribution is -2.57. The molecule has 0 radical (unpaired) electrons. The number of halogens is 4. The highest BCUT2D eigenvalue weighted by Gasteiger charge is 2.35. The fourth-order valence-electron chi connectivity index (χ4n) is 3.56. The van der Waals surface area contributed by atoms with Crippen molar-refractivity contribution in [1.29, 1.82) is 0 Å². The number of piperazine rings is 1. The van der Waals surface area contributed by atoms with Gasteiger partial charge in [-0.25, -0.2) is 18.0 Å². The van der Waals surface area contributed by atoms with Crippen LogP contribution in [0, 0.1) is 23.3 Å². The topological polar surface area (TPSA) is 48.1 Å². The van der Waals surface area contributed by atoms with E-state index in [1.54, 1.807) is 17.3 Å². The van der Waals surface area contributed by atoms with Crippen LogP contribution in [0.5, 0.6) is 5.75 Å². The first-order chi connectivity index (χ1) is 14.4. The van der Waals surface area contributed by atoms with E-state index in [1.807, 2.05) is 4.90 Å². The first-order valence-electron chi connectivity index (χ1n) is 9.14. The molecule has 1 atom stereocenters. The summed E-state index contributed by atoms with van der Waals surface area (Å²) in [6.07, 6.45) is 3.06. The lowest BCUT2D eigenvalue weighted by Gasteiger charge is -2.41. The van der Waals surface area contributed by atoms with Crippen LogP contribution in [0.15, 0.2) is 42.7 Å². The van der Waals surface area contributed by atoms with Crippen LogP contribution < -0.4 is 15.0 Å². The Hall–Kier alpha value is -3.43. The Bertz CT molecular complexity index is 1020. The fourth-order valence-corrected chi connectivity index (χ4v) is 3.56. The van der Waals surface area contributed by atoms with E-state index in [1.165, 1.54) is 30.2 Å². The zero-order valence-electron chi connectivity index (χ0n) is 15.9. The highest BCUT2D eigenvalue weighted by molar-refractivity contribution is 5.89. The van der Waals surface area contributed by atoms with Crippen LogP contribution in [0.3, 0.4) is 0 Å². The summed E-state index contributed by atoms with van der Waals surface area (Å²) in [7, 11) is 1.19. The molecule has 2 aliphatic rings. The van der Waals surface area contributed by atoms with Crippen LogP contribution in [0.1, 0.15) is 0 Å². The molecule has 1 unspecified atom stereocenters. The van der Waals surface area contributed by atoms with Gasteiger partial charge in [-0.05, 0) is 12.1 Å². The molecule has 6 nitrogen and oxygen atoms in total. The molecule has 2 aromatic rings. The van der Waals surface area contributed by atoms with Crippen molar-refractivity contribution in [3.8, 4) is 5.75 Å². The van der Waals surface area contributed by atoms with E-state index in [9.17, 15) is 22.4 Å². The van der Waals surface area contributed by atoms with Crippen LogP contribution in [0.25, 0.3) is 0 Å². The number of rotatable bonds is 3. The minimum atomic E-state index is -1.15. The molecule has 0 bridgehead atoms. The van der Waals surface area contributed by atoms with E-state index in [2.05, 4.69) is 5.32 Å². The van der Waals surface area contributed by atoms with Crippen LogP contribution in [-0.2, 0) is 0 Å². The predicted octanol–water partition coefficient (Wildman–Crippen LogP) is 3.72. The Morgan fingerprint density at radius 1 is 1.07 bits per heavy atom. The monoisotopic (exact) mass is 422 g/mol. The third kappa shape index (κ3) is 3.60. The molecule has 2 aliphatic heterocycles. The third-order valence-corrected chi connectivity index (χ3v) is 5.08. The van der Waals surface area contributed by atoms with E-state index in [0.717, 1.165) is 12.1 Å². The molecule has 158 valence electrons. The highest BCUT2D eigenvalue weighted by atomic mass is 19.2. The van der Waals surface area contributed by atoms with Gasteiger partial charge in [0.15, 0.2) is 11.6 Å². The maximum atomic E-state index is 14.2. The molecule has 0 spiro atoms. The molecule has 4 rings (SSSR count). The lowest BCUT2D eigenvalue weighted by molar-refractivity contribution is 0.141. The lowest BCUT2D eigenvalue weighted by atomic mass is 10.2. The van der Waals surface area contributed by atoms with Gasteiger partial charge in [-0.3, -0.25) is 0 Å². The van der Waals surface area contributed by atoms with Gasteiger partial charge in [-0.1, -0.05) is 0 Å². The molecular formula is C20H18F4N4O2. The SMILES string of the molecule is COc1cc(NC(=O)N2CCN3C=CN(c4ccc(F)cc4F)C3C2)cc(F)c1F. The summed E-state index contributed by atoms with van der Waals surface area (Å²) in [6.45, 7) is 1.05. The van der Waals surface area contributed by atoms with Gasteiger partial charge in [0.05, 0.1) is 19.3 Å². The number of carbonyl (C=O) groups excluding carboxylic acids is 1. The van der Waals surface area contributed by atoms with Gasteiger partial charge in [-0.2, -0.15) is 4.39 Å². The number of amides is 2. The number of fused-ring (bicyclic) bond motifs is 1. The van der Waals surface area contributed by atoms with E-state index in [-0.39, 0.29) is 29.8 Å². The highest BCUT2D eigenvalue weighted by Crippen LogP contribution is 2.30. The molecule has 10 heteroatoms. The fraction of sp³-hybridized carbons (Fsp3) is 0.250. The number of hydrogen-bond donors (Lipinski definition) is 1. The van der Waals surface area contributed by atoms with Crippen LogP contribution in [0.2, 0.25) is 0 Å². The normalized spacial score (nSPS) is 17.9. The van der Waals surface area contributed by atoms with Crippen LogP contribution in [-0.4, -0.2) is 48.7 Å². The summed E-state index contributed by atoms with van der Waals surface area (Å²) < 4.78 is 59.5. The molecule has 0 aliphatic carbocycles. The molecule has 1 N–H and O–H groups in total. The number of ether oxygens (including phenoxy) is 1. The standard InChI is InChI=1S/C20H18F4N4O2/c1-30-17-10-13(9-15(23)19(17)24)25-20(29)27-5-4-26-6-7-28(18(26)11-27)16-3-2-12(21)8-14(16)22/h2-3,6-10,18H,4-5,11H2,1H3,(H,25,29). The largest absolute Gasteiger partial charge is 0.493 e. The average Bonchev–Trinajstić information content (AvgIpc) is 3.13. The second-order valence-corrected chi connectivity index (χ2v) is 6.87. The third-order valence-electron chi connectivity index (χ3n) is 5.08. The van der Waals surface area contributed by atoms with Gasteiger partial charge >= 0.3 is 6.03 Å². The van der Waals surface area contributed by atoms with Gasteiger partial charge in [0.2, 0.25) is 5.82 Å². The van der Waals surface area contributed by atoms with Crippen LogP contribution >= 0.6 is 0 Å². The van der Waals surface area contributed by atoms with Crippen molar-refractivity contribution in [3.63, 3.8) is 0 Å². The number of nitrogens with one attached hydrogen (secondary N) is 1. The minimum Gasteiger partial charge on any atom is -0.493 e. The zero-order chi connectivity index (χ0) is 21.4. The molecule has 2 amide bonds. The summed E-state index contributed by atoms with van der Waals surface area (Å²) in [6, 6.07) is 4.83. The molecular weight excluding hydrogens is 404 g/mol. The Morgan fingerprint density at radius 3 is 2.60 bits per heavy atom. The second kappa shape index (κ2) is 7.77. The molecule has 1 fully saturated rings. The molecule has 1 saturated heterocycles. The maximum absolute atomic E-state index is 14.2. The van der Waals surface area contributed by atoms with E-state index < -0.39 is 29.3 Å². The summed E-state index contributed by atoms with van der Waals surface area (Å²) in [4.78, 5) is 17.7. The molecule has 2 aromatic carbocycles. The van der Waals surface area contributed by atoms with Crippen molar-refractivity contribution in [1.82, 2.24) is 9.80 Å². The Balaban J connectivity index is 1.49. The van der Waals surface area contributed by atoms with Crippen molar-refractivity contribution in [2.75, 3.05) is 37.0 Å². The summed E-state index contributed by atoms with van der Waals surface area (Å²) in [5.41, 5.74) is 0.233. The minimum absolute atomic E-state index is 0.0455. The number of urea groups is 1. The van der Waals surface area contributed by atoms with Crippen molar-refractivity contribution >= 4 is 17.4 Å². The van der Waals surface area contributed by atoms with Gasteiger partial charge in [0, 0.05) is 49.4 Å². The van der Waals surface area contributed by atoms with Gasteiger partial charge in [0.1, 0.15) is 17.8 Å². The Kier molecular flexibility index (Phi) is 5.15. The first-order valence-corrected chi connectivity index (χ1v) is 9.14. The number of hydrogen-bond acceptors (Lipinski definition) is 4. The van der Waals surface area contributed by atoms with E-state index >= 15 is 0 Å². The Morgan fingerprint density at radius 2 is 1.87 bits per heavy atom. The molecule has 0 aromatic heterocycles. The van der Waals surface area contributed by atoms with Crippen molar-refractivity contribution in [2.24, 2.45) is 0 Å². The Labute approximate surface area is 169 Å². The van der Waals surface area contributed by atoms with Gasteiger partial charge in [0.25, 0.3) is 0 Å². The summed E-state index contributed by atoms with van der Waals surface area (Å²) in [5, 5.41) is 2.53. The predicted molar refractivity (Wildman–Crippen MR) is 102 cm³/mol. The molecule has 2 heterocycles. The van der Waals surface area contributed by atoms with Gasteiger partial charge < -0.3 is 24.8 Å². The van der Waals surface area contributed by atoms with Gasteiger partial charge in [-0.15, -0.1) is 0 Å². The summed E-state index contributed by atoms with van der Waals surface area (Å²) >= 11 is 0. The quantitative estimate of drug-likeness (QED) is 0.767. The first kappa shape index (κ1) is 19.9. The number of benzene rings is 2. The number of nitrogens with zero attached hydrogens (tertiary/aromatic N) is 3. The van der Waals surface area contributed by atoms with Crippen molar-refractivity contribution in [3.05, 3.63) is 66.0 Å². The van der Waals surface area contributed by atoms with Crippen molar-refractivity contribution < 1.29 is 27.1 Å². The smallest absolute Gasteiger partial charge is 0.322 e. The van der Waals surface area contributed by atoms with Crippen molar-refractivity contribution in [2.45, 2.75) is 6.17 Å². The maximum Gasteiger partial charge on any atom is 0.322 e. The van der Waals surface area contributed by atoms with Crippen LogP contribution in [0.4, 0.5) is 33.7 Å². The van der Waals surface area contributed by atoms with E-state index in [4.69, 9.17) is 4.74 Å². The molecule has 30 heavy (non-hydrogen) atoms. The number of carbonyl (C=O) groups is 1. The molecule has 0 saturated carbocycles.